The fourth-order valence-corrected chi connectivity index (χ4v) is 7.63. The predicted molar refractivity (Wildman–Crippen MR) is 268 cm³/mol. The maximum absolute atomic E-state index is 13.2. The first-order valence-corrected chi connectivity index (χ1v) is 26.2. The van der Waals surface area contributed by atoms with Gasteiger partial charge >= 0.3 is 5.97 Å². The molecule has 358 valence electrons. The molecule has 0 aromatic rings. The van der Waals surface area contributed by atoms with E-state index in [-0.39, 0.29) is 24.9 Å². The number of unbranched alkanes of at least 4 members (excludes halogenated alkanes) is 26. The number of nitrogens with one attached hydrogen (secondary N) is 1. The van der Waals surface area contributed by atoms with E-state index in [9.17, 15) is 19.8 Å². The Morgan fingerprint density at radius 3 is 1.37 bits per heavy atom. The summed E-state index contributed by atoms with van der Waals surface area (Å²) in [5.41, 5.74) is 0. The Kier molecular flexibility index (Phi) is 47.2. The molecule has 3 N–H and O–H groups in total. The maximum atomic E-state index is 13.2. The third-order valence-electron chi connectivity index (χ3n) is 11.6. The first-order valence-electron chi connectivity index (χ1n) is 26.2. The van der Waals surface area contributed by atoms with Crippen LogP contribution in [0.4, 0.5) is 0 Å². The summed E-state index contributed by atoms with van der Waals surface area (Å²) in [5, 5.41) is 23.7. The van der Waals surface area contributed by atoms with Crippen molar-refractivity contribution in [1.29, 1.82) is 0 Å². The van der Waals surface area contributed by atoms with E-state index >= 15 is 0 Å². The van der Waals surface area contributed by atoms with E-state index in [2.05, 4.69) is 74.7 Å². The normalized spacial score (nSPS) is 13.8. The summed E-state index contributed by atoms with van der Waals surface area (Å²) in [7, 11) is 0. The molecule has 1 amide bonds. The van der Waals surface area contributed by atoms with Crippen LogP contribution in [0.2, 0.25) is 0 Å². The smallest absolute Gasteiger partial charge is 0.306 e. The summed E-state index contributed by atoms with van der Waals surface area (Å²) < 4.78 is 5.92. The monoisotopic (exact) mass is 866 g/mol. The van der Waals surface area contributed by atoms with Crippen molar-refractivity contribution >= 4 is 11.9 Å². The number of esters is 1. The third kappa shape index (κ3) is 43.9. The topological polar surface area (TPSA) is 95.9 Å². The SMILES string of the molecule is CCC/C=C/C=C/C=C/C=C/C=C/CCCCCCCC(=O)OC(CCCCC/C=C/CCCCCCCCCCC)CC(=O)NC(CO)C(O)CCCCCCCCCCC. The number of amides is 1. The zero-order valence-electron chi connectivity index (χ0n) is 40.7. The molecule has 0 aliphatic carbocycles. The van der Waals surface area contributed by atoms with Gasteiger partial charge in [0, 0.05) is 6.42 Å². The highest BCUT2D eigenvalue weighted by Gasteiger charge is 2.24. The minimum atomic E-state index is -0.797. The van der Waals surface area contributed by atoms with Crippen LogP contribution in [0.1, 0.15) is 245 Å². The van der Waals surface area contributed by atoms with E-state index in [1.807, 2.05) is 24.3 Å². The van der Waals surface area contributed by atoms with Crippen molar-refractivity contribution in [3.8, 4) is 0 Å². The molecule has 0 spiro atoms. The molecule has 0 aromatic carbocycles. The highest BCUT2D eigenvalue weighted by Crippen LogP contribution is 2.17. The maximum Gasteiger partial charge on any atom is 0.306 e. The lowest BCUT2D eigenvalue weighted by molar-refractivity contribution is -0.151. The number of hydrogen-bond donors (Lipinski definition) is 3. The molecule has 0 aliphatic rings. The summed E-state index contributed by atoms with van der Waals surface area (Å²) in [6, 6.07) is -0.713. The van der Waals surface area contributed by atoms with Gasteiger partial charge < -0.3 is 20.3 Å². The quantitative estimate of drug-likeness (QED) is 0.0245. The van der Waals surface area contributed by atoms with Crippen molar-refractivity contribution in [2.75, 3.05) is 6.61 Å². The molecule has 6 nitrogen and oxygen atoms in total. The fraction of sp³-hybridized carbons (Fsp3) is 0.750. The minimum absolute atomic E-state index is 0.0540. The second-order valence-electron chi connectivity index (χ2n) is 17.7. The number of aliphatic hydroxyl groups excluding tert-OH is 2. The van der Waals surface area contributed by atoms with E-state index in [0.29, 0.717) is 19.3 Å². The molecule has 0 radical (unpaired) electrons. The van der Waals surface area contributed by atoms with Gasteiger partial charge in [0.15, 0.2) is 0 Å². The minimum Gasteiger partial charge on any atom is -0.462 e. The van der Waals surface area contributed by atoms with Crippen LogP contribution in [0.3, 0.4) is 0 Å². The van der Waals surface area contributed by atoms with E-state index in [4.69, 9.17) is 4.74 Å². The van der Waals surface area contributed by atoms with Gasteiger partial charge in [-0.2, -0.15) is 0 Å². The number of carbonyl (C=O) groups is 2. The number of carbonyl (C=O) groups excluding carboxylic acids is 2. The molecule has 0 fully saturated rings. The number of hydrogen-bond acceptors (Lipinski definition) is 5. The molecule has 0 aromatic heterocycles. The van der Waals surface area contributed by atoms with Gasteiger partial charge in [-0.1, -0.05) is 235 Å². The van der Waals surface area contributed by atoms with Crippen molar-refractivity contribution in [1.82, 2.24) is 5.32 Å². The van der Waals surface area contributed by atoms with Gasteiger partial charge in [0.25, 0.3) is 0 Å². The van der Waals surface area contributed by atoms with Crippen LogP contribution in [0.15, 0.2) is 72.9 Å². The second-order valence-corrected chi connectivity index (χ2v) is 17.7. The third-order valence-corrected chi connectivity index (χ3v) is 11.6. The van der Waals surface area contributed by atoms with Crippen LogP contribution in [0, 0.1) is 0 Å². The molecule has 0 bridgehead atoms. The summed E-state index contributed by atoms with van der Waals surface area (Å²) in [6.07, 6.45) is 62.4. The lowest BCUT2D eigenvalue weighted by atomic mass is 10.0. The molecule has 3 atom stereocenters. The summed E-state index contributed by atoms with van der Waals surface area (Å²) in [5.74, 6) is -0.519. The summed E-state index contributed by atoms with van der Waals surface area (Å²) in [4.78, 5) is 26.1. The van der Waals surface area contributed by atoms with Crippen molar-refractivity contribution < 1.29 is 24.5 Å². The van der Waals surface area contributed by atoms with Gasteiger partial charge in [0.2, 0.25) is 5.91 Å². The Morgan fingerprint density at radius 1 is 0.468 bits per heavy atom. The van der Waals surface area contributed by atoms with Crippen molar-refractivity contribution in [3.63, 3.8) is 0 Å². The number of allylic oxidation sites excluding steroid dienone is 12. The van der Waals surface area contributed by atoms with Crippen LogP contribution >= 0.6 is 0 Å². The van der Waals surface area contributed by atoms with Gasteiger partial charge in [0.05, 0.1) is 25.2 Å². The van der Waals surface area contributed by atoms with Crippen molar-refractivity contribution in [3.05, 3.63) is 72.9 Å². The number of aliphatic hydroxyl groups is 2. The Hall–Kier alpha value is -2.70. The van der Waals surface area contributed by atoms with Gasteiger partial charge in [0.1, 0.15) is 6.10 Å². The van der Waals surface area contributed by atoms with Gasteiger partial charge in [-0.15, -0.1) is 0 Å². The van der Waals surface area contributed by atoms with E-state index < -0.39 is 18.2 Å². The van der Waals surface area contributed by atoms with E-state index in [0.717, 1.165) is 96.3 Å². The van der Waals surface area contributed by atoms with Gasteiger partial charge in [-0.05, 0) is 70.6 Å². The van der Waals surface area contributed by atoms with E-state index in [1.165, 1.54) is 103 Å². The average molecular weight is 866 g/mol. The van der Waals surface area contributed by atoms with Crippen molar-refractivity contribution in [2.24, 2.45) is 0 Å². The first kappa shape index (κ1) is 59.3. The van der Waals surface area contributed by atoms with Crippen LogP contribution in [-0.2, 0) is 14.3 Å². The zero-order valence-corrected chi connectivity index (χ0v) is 40.7. The molecule has 0 saturated carbocycles. The molecule has 3 unspecified atom stereocenters. The standard InChI is InChI=1S/C56H99NO5/c1-4-7-10-13-16-19-21-23-25-27-28-30-32-34-37-40-43-46-49-56(61)62-52(47-44-41-38-36-33-31-29-26-24-22-20-17-14-11-8-5-2)50-55(60)57-53(51-58)54(59)48-45-42-39-35-18-15-12-9-6-3/h10,13,16,19,21,23,25,27-28,30-31,33,52-54,58-59H,4-9,11-12,14-15,17-18,20,22,24,26,29,32,34-51H2,1-3H3,(H,57,60)/b13-10+,19-16+,23-21+,27-25+,30-28+,33-31+. The zero-order chi connectivity index (χ0) is 45.2. The number of rotatable bonds is 46. The van der Waals surface area contributed by atoms with E-state index in [1.54, 1.807) is 0 Å². The summed E-state index contributed by atoms with van der Waals surface area (Å²) >= 11 is 0. The molecule has 0 heterocycles. The molecule has 62 heavy (non-hydrogen) atoms. The second kappa shape index (κ2) is 49.3. The Labute approximate surface area is 383 Å². The van der Waals surface area contributed by atoms with Gasteiger partial charge in [-0.3, -0.25) is 9.59 Å². The van der Waals surface area contributed by atoms with Crippen LogP contribution in [-0.4, -0.2) is 46.9 Å². The Bertz CT molecular complexity index is 1150. The summed E-state index contributed by atoms with van der Waals surface area (Å²) in [6.45, 7) is 6.37. The van der Waals surface area contributed by atoms with Crippen LogP contribution in [0.25, 0.3) is 0 Å². The largest absolute Gasteiger partial charge is 0.462 e. The fourth-order valence-electron chi connectivity index (χ4n) is 7.63. The Morgan fingerprint density at radius 2 is 0.871 bits per heavy atom. The lowest BCUT2D eigenvalue weighted by Gasteiger charge is -2.24. The predicted octanol–water partition coefficient (Wildman–Crippen LogP) is 15.8. The average Bonchev–Trinajstić information content (AvgIpc) is 3.26. The Balaban J connectivity index is 4.65. The molecule has 0 aliphatic heterocycles. The molecule has 6 heteroatoms. The molecule has 0 rings (SSSR count). The van der Waals surface area contributed by atoms with Crippen molar-refractivity contribution in [2.45, 2.75) is 264 Å². The molecule has 0 saturated heterocycles. The van der Waals surface area contributed by atoms with Gasteiger partial charge in [-0.25, -0.2) is 0 Å². The van der Waals surface area contributed by atoms with Crippen LogP contribution in [0.5, 0.6) is 0 Å². The number of ether oxygens (including phenoxy) is 1. The lowest BCUT2D eigenvalue weighted by Crippen LogP contribution is -2.46. The molecular formula is C56H99NO5. The molecular weight excluding hydrogens is 767 g/mol. The highest BCUT2D eigenvalue weighted by molar-refractivity contribution is 5.77. The highest BCUT2D eigenvalue weighted by atomic mass is 16.5. The van der Waals surface area contributed by atoms with Crippen LogP contribution < -0.4 is 5.32 Å². The first-order chi connectivity index (χ1) is 30.5.